The van der Waals surface area contributed by atoms with Gasteiger partial charge in [-0.3, -0.25) is 0 Å². The first-order valence-electron chi connectivity index (χ1n) is 4.10. The summed E-state index contributed by atoms with van der Waals surface area (Å²) in [4.78, 5) is 14.3. The Labute approximate surface area is 103 Å². The van der Waals surface area contributed by atoms with Crippen molar-refractivity contribution in [2.45, 2.75) is 0 Å². The molecule has 0 spiro atoms. The van der Waals surface area contributed by atoms with Gasteiger partial charge in [-0.1, -0.05) is 11.6 Å². The number of carbonyl (C=O) groups is 1. The zero-order valence-corrected chi connectivity index (χ0v) is 9.99. The van der Waals surface area contributed by atoms with Crippen LogP contribution in [0.25, 0.3) is 11.5 Å². The van der Waals surface area contributed by atoms with Crippen molar-refractivity contribution in [2.75, 3.05) is 0 Å². The molecule has 0 aliphatic carbocycles. The molecule has 0 aliphatic heterocycles. The predicted molar refractivity (Wildman–Crippen MR) is 59.4 cm³/mol. The Bertz CT molecular complexity index is 555. The molecule has 1 aromatic carbocycles. The fraction of sp³-hybridized carbons (Fsp3) is 0. The van der Waals surface area contributed by atoms with Gasteiger partial charge in [0.2, 0.25) is 0 Å². The quantitative estimate of drug-likeness (QED) is 0.923. The molecule has 0 saturated carbocycles. The average molecular weight is 303 g/mol. The first-order valence-corrected chi connectivity index (χ1v) is 5.27. The molecule has 0 atom stereocenters. The van der Waals surface area contributed by atoms with Crippen molar-refractivity contribution >= 4 is 33.5 Å². The number of aromatic carboxylic acids is 1. The minimum absolute atomic E-state index is 0.103. The molecule has 0 radical (unpaired) electrons. The molecule has 0 saturated heterocycles. The third-order valence-corrected chi connectivity index (χ3v) is 2.70. The van der Waals surface area contributed by atoms with Crippen LogP contribution in [-0.4, -0.2) is 21.2 Å². The van der Waals surface area contributed by atoms with Crippen LogP contribution >= 0.6 is 27.5 Å². The van der Waals surface area contributed by atoms with Crippen molar-refractivity contribution in [3.63, 3.8) is 0 Å². The van der Waals surface area contributed by atoms with E-state index in [1.165, 1.54) is 0 Å². The van der Waals surface area contributed by atoms with Gasteiger partial charge in [0, 0.05) is 9.50 Å². The lowest BCUT2D eigenvalue weighted by atomic mass is 10.2. The van der Waals surface area contributed by atoms with Crippen LogP contribution in [0.15, 0.2) is 27.2 Å². The van der Waals surface area contributed by atoms with Gasteiger partial charge < -0.3 is 9.63 Å². The van der Waals surface area contributed by atoms with Gasteiger partial charge in [0.25, 0.3) is 11.7 Å². The number of nitrogens with zero attached hydrogens (tertiary/aromatic N) is 2. The van der Waals surface area contributed by atoms with Crippen molar-refractivity contribution < 1.29 is 14.4 Å². The van der Waals surface area contributed by atoms with Gasteiger partial charge in [-0.15, -0.1) is 0 Å². The number of carboxylic acids is 1. The summed E-state index contributed by atoms with van der Waals surface area (Å²) in [5.74, 6) is -1.53. The van der Waals surface area contributed by atoms with E-state index in [4.69, 9.17) is 21.2 Å². The predicted octanol–water partition coefficient (Wildman–Crippen LogP) is 2.85. The number of aromatic nitrogens is 2. The fourth-order valence-corrected chi connectivity index (χ4v) is 1.67. The van der Waals surface area contributed by atoms with Crippen LogP contribution in [0.4, 0.5) is 0 Å². The molecule has 2 rings (SSSR count). The number of rotatable bonds is 2. The van der Waals surface area contributed by atoms with Crippen LogP contribution in [0.3, 0.4) is 0 Å². The third kappa shape index (κ3) is 2.07. The molecule has 0 fully saturated rings. The van der Waals surface area contributed by atoms with Crippen molar-refractivity contribution in [3.05, 3.63) is 33.5 Å². The molecule has 0 unspecified atom stereocenters. The molecule has 16 heavy (non-hydrogen) atoms. The summed E-state index contributed by atoms with van der Waals surface area (Å²) in [6.07, 6.45) is 0. The highest BCUT2D eigenvalue weighted by molar-refractivity contribution is 9.10. The molecule has 2 aromatic rings. The second kappa shape index (κ2) is 4.23. The Kier molecular flexibility index (Phi) is 2.93. The number of hydrogen-bond acceptors (Lipinski definition) is 4. The van der Waals surface area contributed by atoms with Crippen molar-refractivity contribution in [1.82, 2.24) is 10.1 Å². The number of benzene rings is 1. The maximum absolute atomic E-state index is 10.6. The number of carboxylic acid groups (broad SMARTS) is 1. The van der Waals surface area contributed by atoms with Crippen LogP contribution in [0.5, 0.6) is 0 Å². The average Bonchev–Trinajstić information content (AvgIpc) is 2.70. The van der Waals surface area contributed by atoms with Crippen LogP contribution in [0, 0.1) is 0 Å². The van der Waals surface area contributed by atoms with Gasteiger partial charge >= 0.3 is 5.97 Å². The Hall–Kier alpha value is -1.40. The van der Waals surface area contributed by atoms with E-state index in [2.05, 4.69) is 26.1 Å². The van der Waals surface area contributed by atoms with Crippen molar-refractivity contribution in [3.8, 4) is 11.5 Å². The third-order valence-electron chi connectivity index (χ3n) is 1.78. The second-order valence-corrected chi connectivity index (χ2v) is 4.14. The normalized spacial score (nSPS) is 10.4. The van der Waals surface area contributed by atoms with Crippen molar-refractivity contribution in [2.24, 2.45) is 0 Å². The zero-order chi connectivity index (χ0) is 11.7. The Morgan fingerprint density at radius 3 is 2.88 bits per heavy atom. The topological polar surface area (TPSA) is 76.2 Å². The second-order valence-electron chi connectivity index (χ2n) is 2.85. The SMILES string of the molecule is O=C(O)c1noc(-c2cc(Cl)ccc2Br)n1. The van der Waals surface area contributed by atoms with E-state index in [0.29, 0.717) is 15.1 Å². The van der Waals surface area contributed by atoms with Gasteiger partial charge in [-0.2, -0.15) is 4.98 Å². The Morgan fingerprint density at radius 2 is 2.25 bits per heavy atom. The summed E-state index contributed by atoms with van der Waals surface area (Å²) in [6.45, 7) is 0. The summed E-state index contributed by atoms with van der Waals surface area (Å²) >= 11 is 9.09. The molecule has 0 amide bonds. The largest absolute Gasteiger partial charge is 0.475 e. The number of halogens is 2. The lowest BCUT2D eigenvalue weighted by molar-refractivity contribution is 0.0680. The Balaban J connectivity index is 2.50. The van der Waals surface area contributed by atoms with E-state index in [9.17, 15) is 4.79 Å². The van der Waals surface area contributed by atoms with Crippen LogP contribution in [0.1, 0.15) is 10.6 Å². The molecule has 7 heteroatoms. The molecule has 1 aromatic heterocycles. The highest BCUT2D eigenvalue weighted by Gasteiger charge is 2.16. The minimum atomic E-state index is -1.24. The molecule has 5 nitrogen and oxygen atoms in total. The monoisotopic (exact) mass is 302 g/mol. The first kappa shape index (κ1) is 11.1. The maximum atomic E-state index is 10.6. The lowest BCUT2D eigenvalue weighted by Gasteiger charge is -1.98. The molecule has 0 bridgehead atoms. The molecular formula is C9H4BrClN2O3. The minimum Gasteiger partial charge on any atom is -0.475 e. The van der Waals surface area contributed by atoms with E-state index in [0.717, 1.165) is 0 Å². The zero-order valence-electron chi connectivity index (χ0n) is 7.65. The van der Waals surface area contributed by atoms with Gasteiger partial charge in [0.15, 0.2) is 0 Å². The summed E-state index contributed by atoms with van der Waals surface area (Å²) in [5, 5.41) is 12.5. The van der Waals surface area contributed by atoms with E-state index in [1.807, 2.05) is 0 Å². The van der Waals surface area contributed by atoms with Gasteiger partial charge in [-0.25, -0.2) is 4.79 Å². The van der Waals surface area contributed by atoms with Crippen molar-refractivity contribution in [1.29, 1.82) is 0 Å². The van der Waals surface area contributed by atoms with E-state index < -0.39 is 5.97 Å². The summed E-state index contributed by atoms with van der Waals surface area (Å²) < 4.78 is 5.51. The Morgan fingerprint density at radius 1 is 1.50 bits per heavy atom. The van der Waals surface area contributed by atoms with Gasteiger partial charge in [0.05, 0.1) is 5.56 Å². The van der Waals surface area contributed by atoms with Gasteiger partial charge in [0.1, 0.15) is 0 Å². The van der Waals surface area contributed by atoms with E-state index in [-0.39, 0.29) is 11.7 Å². The molecular weight excluding hydrogens is 299 g/mol. The highest BCUT2D eigenvalue weighted by Crippen LogP contribution is 2.29. The molecule has 0 aliphatic rings. The smallest absolute Gasteiger partial charge is 0.377 e. The lowest BCUT2D eigenvalue weighted by Crippen LogP contribution is -1.98. The van der Waals surface area contributed by atoms with Crippen LogP contribution in [0.2, 0.25) is 5.02 Å². The highest BCUT2D eigenvalue weighted by atomic mass is 79.9. The fourth-order valence-electron chi connectivity index (χ4n) is 1.08. The number of hydrogen-bond donors (Lipinski definition) is 1. The molecule has 82 valence electrons. The van der Waals surface area contributed by atoms with Crippen LogP contribution in [-0.2, 0) is 0 Å². The van der Waals surface area contributed by atoms with Crippen LogP contribution < -0.4 is 0 Å². The summed E-state index contributed by atoms with van der Waals surface area (Å²) in [7, 11) is 0. The summed E-state index contributed by atoms with van der Waals surface area (Å²) in [5.41, 5.74) is 0.549. The first-order chi connectivity index (χ1) is 7.58. The maximum Gasteiger partial charge on any atom is 0.377 e. The van der Waals surface area contributed by atoms with E-state index >= 15 is 0 Å². The molecule has 1 heterocycles. The standard InChI is InChI=1S/C9H4BrClN2O3/c10-6-2-1-4(11)3-5(6)8-12-7(9(14)15)13-16-8/h1-3H,(H,14,15). The molecule has 1 N–H and O–H groups in total. The van der Waals surface area contributed by atoms with E-state index in [1.54, 1.807) is 18.2 Å². The summed E-state index contributed by atoms with van der Waals surface area (Å²) in [6, 6.07) is 5.00. The van der Waals surface area contributed by atoms with Gasteiger partial charge in [-0.05, 0) is 39.3 Å².